The van der Waals surface area contributed by atoms with Crippen molar-refractivity contribution in [3.05, 3.63) is 97.2 Å². The van der Waals surface area contributed by atoms with E-state index >= 15 is 0 Å². The molecule has 0 bridgehead atoms. The standard InChI is InChI=1S/C60H100O6/c1-4-7-10-13-16-18-20-22-24-26-28-29-30-31-33-34-36-38-40-42-44-47-50-53-59(62)65-56-57(55-64-58(61)52-49-46-15-12-9-6-3)66-60(63)54-51-48-45-43-41-39-37-35-32-27-25-23-21-19-17-14-11-8-5-2/h7,10,16,18,22-25,28-29,31,33,36,38,42,44,57H,4-6,8-9,11-15,17,19-21,26-27,30,32,34-35,37,39-41,43,45-56H2,1-3H3/b10-7-,18-16-,24-22-,25-23-,29-28-,33-31-,38-36-,44-42-. The quantitative estimate of drug-likeness (QED) is 0.0262. The average Bonchev–Trinajstić information content (AvgIpc) is 3.31. The van der Waals surface area contributed by atoms with Gasteiger partial charge in [0.2, 0.25) is 0 Å². The number of unbranched alkanes of at least 4 members (excludes halogenated alkanes) is 21. The second kappa shape index (κ2) is 53.9. The maximum atomic E-state index is 12.8. The maximum absolute atomic E-state index is 12.8. The number of allylic oxidation sites excluding steroid dienone is 16. The van der Waals surface area contributed by atoms with Crippen LogP contribution in [0.15, 0.2) is 97.2 Å². The van der Waals surface area contributed by atoms with Crippen molar-refractivity contribution in [2.45, 2.75) is 252 Å². The molecular weight excluding hydrogens is 817 g/mol. The molecule has 0 aliphatic rings. The topological polar surface area (TPSA) is 78.9 Å². The molecule has 0 aliphatic heterocycles. The Bertz CT molecular complexity index is 1330. The Morgan fingerprint density at radius 2 is 0.606 bits per heavy atom. The van der Waals surface area contributed by atoms with Crippen LogP contribution in [0.25, 0.3) is 0 Å². The Hall–Kier alpha value is -3.67. The molecule has 66 heavy (non-hydrogen) atoms. The van der Waals surface area contributed by atoms with Gasteiger partial charge >= 0.3 is 17.9 Å². The highest BCUT2D eigenvalue weighted by Gasteiger charge is 2.19. The summed E-state index contributed by atoms with van der Waals surface area (Å²) in [6.07, 6.45) is 71.4. The summed E-state index contributed by atoms with van der Waals surface area (Å²) in [4.78, 5) is 37.8. The molecule has 1 atom stereocenters. The minimum Gasteiger partial charge on any atom is -0.462 e. The van der Waals surface area contributed by atoms with E-state index < -0.39 is 6.10 Å². The first-order valence-corrected chi connectivity index (χ1v) is 27.2. The van der Waals surface area contributed by atoms with Gasteiger partial charge in [-0.05, 0) is 96.3 Å². The van der Waals surface area contributed by atoms with E-state index in [2.05, 4.69) is 118 Å². The van der Waals surface area contributed by atoms with Gasteiger partial charge in [-0.1, -0.05) is 227 Å². The number of carbonyl (C=O) groups excluding carboxylic acids is 3. The molecule has 376 valence electrons. The highest BCUT2D eigenvalue weighted by molar-refractivity contribution is 5.71. The zero-order valence-corrected chi connectivity index (χ0v) is 42.9. The van der Waals surface area contributed by atoms with Gasteiger partial charge in [0, 0.05) is 19.3 Å². The van der Waals surface area contributed by atoms with Crippen LogP contribution >= 0.6 is 0 Å². The lowest BCUT2D eigenvalue weighted by atomic mass is 10.1. The van der Waals surface area contributed by atoms with E-state index in [-0.39, 0.29) is 37.5 Å². The monoisotopic (exact) mass is 917 g/mol. The summed E-state index contributed by atoms with van der Waals surface area (Å²) in [7, 11) is 0. The molecule has 0 heterocycles. The lowest BCUT2D eigenvalue weighted by molar-refractivity contribution is -0.167. The molecule has 0 radical (unpaired) electrons. The Kier molecular flexibility index (Phi) is 50.9. The van der Waals surface area contributed by atoms with Crippen LogP contribution in [0.4, 0.5) is 0 Å². The zero-order chi connectivity index (χ0) is 47.9. The third-order valence-corrected chi connectivity index (χ3v) is 11.3. The van der Waals surface area contributed by atoms with Crippen LogP contribution in [0, 0.1) is 0 Å². The summed E-state index contributed by atoms with van der Waals surface area (Å²) in [6, 6.07) is 0. The van der Waals surface area contributed by atoms with Crippen molar-refractivity contribution in [3.8, 4) is 0 Å². The average molecular weight is 917 g/mol. The van der Waals surface area contributed by atoms with Gasteiger partial charge in [-0.3, -0.25) is 14.4 Å². The summed E-state index contributed by atoms with van der Waals surface area (Å²) >= 11 is 0. The van der Waals surface area contributed by atoms with Crippen LogP contribution in [0.2, 0.25) is 0 Å². The maximum Gasteiger partial charge on any atom is 0.306 e. The molecule has 0 rings (SSSR count). The van der Waals surface area contributed by atoms with E-state index in [0.29, 0.717) is 19.3 Å². The SMILES string of the molecule is CC/C=C\C/C=C\C/C=C\C/C=C\C/C=C\C/C=C\C/C=C\CCCC(=O)OCC(COC(=O)CCCCCCCC)OC(=O)CCCCCCCCCCC/C=C\CCCCCCCC. The number of ether oxygens (including phenoxy) is 3. The number of esters is 3. The van der Waals surface area contributed by atoms with Crippen LogP contribution < -0.4 is 0 Å². The number of carbonyl (C=O) groups is 3. The van der Waals surface area contributed by atoms with Crippen LogP contribution in [0.3, 0.4) is 0 Å². The van der Waals surface area contributed by atoms with E-state index in [9.17, 15) is 14.4 Å². The first kappa shape index (κ1) is 62.3. The lowest BCUT2D eigenvalue weighted by Crippen LogP contribution is -2.30. The molecular formula is C60H100O6. The third-order valence-electron chi connectivity index (χ3n) is 11.3. The smallest absolute Gasteiger partial charge is 0.306 e. The summed E-state index contributed by atoms with van der Waals surface area (Å²) in [5, 5.41) is 0. The first-order valence-electron chi connectivity index (χ1n) is 27.2. The van der Waals surface area contributed by atoms with E-state index in [0.717, 1.165) is 89.9 Å². The Labute approximate surface area is 407 Å². The van der Waals surface area contributed by atoms with Gasteiger partial charge in [-0.2, -0.15) is 0 Å². The molecule has 6 nitrogen and oxygen atoms in total. The van der Waals surface area contributed by atoms with Gasteiger partial charge < -0.3 is 14.2 Å². The molecule has 0 amide bonds. The predicted molar refractivity (Wildman–Crippen MR) is 284 cm³/mol. The lowest BCUT2D eigenvalue weighted by Gasteiger charge is -2.18. The van der Waals surface area contributed by atoms with E-state index in [1.807, 2.05) is 0 Å². The molecule has 0 aromatic heterocycles. The fourth-order valence-electron chi connectivity index (χ4n) is 7.25. The molecule has 0 aliphatic carbocycles. The van der Waals surface area contributed by atoms with Crippen LogP contribution in [-0.2, 0) is 28.6 Å². The van der Waals surface area contributed by atoms with Crippen molar-refractivity contribution in [1.82, 2.24) is 0 Å². The van der Waals surface area contributed by atoms with E-state index in [4.69, 9.17) is 14.2 Å². The molecule has 1 unspecified atom stereocenters. The van der Waals surface area contributed by atoms with Crippen molar-refractivity contribution >= 4 is 17.9 Å². The zero-order valence-electron chi connectivity index (χ0n) is 42.9. The second-order valence-electron chi connectivity index (χ2n) is 17.8. The fourth-order valence-corrected chi connectivity index (χ4v) is 7.25. The predicted octanol–water partition coefficient (Wildman–Crippen LogP) is 18.1. The molecule has 0 fully saturated rings. The summed E-state index contributed by atoms with van der Waals surface area (Å²) < 4.78 is 16.7. The van der Waals surface area contributed by atoms with Crippen molar-refractivity contribution in [3.63, 3.8) is 0 Å². The molecule has 0 aromatic rings. The first-order chi connectivity index (χ1) is 32.5. The van der Waals surface area contributed by atoms with Gasteiger partial charge in [-0.25, -0.2) is 0 Å². The Morgan fingerprint density at radius 3 is 1.00 bits per heavy atom. The summed E-state index contributed by atoms with van der Waals surface area (Å²) in [5.41, 5.74) is 0. The van der Waals surface area contributed by atoms with Crippen molar-refractivity contribution < 1.29 is 28.6 Å². The summed E-state index contributed by atoms with van der Waals surface area (Å²) in [6.45, 7) is 6.41. The van der Waals surface area contributed by atoms with Gasteiger partial charge in [0.1, 0.15) is 13.2 Å². The highest BCUT2D eigenvalue weighted by Crippen LogP contribution is 2.14. The second-order valence-corrected chi connectivity index (χ2v) is 17.8. The molecule has 6 heteroatoms. The largest absolute Gasteiger partial charge is 0.462 e. The van der Waals surface area contributed by atoms with Crippen LogP contribution in [-0.4, -0.2) is 37.2 Å². The van der Waals surface area contributed by atoms with Gasteiger partial charge in [0.15, 0.2) is 6.10 Å². The van der Waals surface area contributed by atoms with Crippen molar-refractivity contribution in [2.75, 3.05) is 13.2 Å². The normalized spacial score (nSPS) is 12.8. The minimum absolute atomic E-state index is 0.0967. The molecule has 0 spiro atoms. The van der Waals surface area contributed by atoms with Crippen molar-refractivity contribution in [2.24, 2.45) is 0 Å². The Balaban J connectivity index is 4.30. The molecule has 0 saturated carbocycles. The number of hydrogen-bond acceptors (Lipinski definition) is 6. The number of hydrogen-bond donors (Lipinski definition) is 0. The minimum atomic E-state index is -0.799. The van der Waals surface area contributed by atoms with Gasteiger partial charge in [0.05, 0.1) is 0 Å². The third kappa shape index (κ3) is 51.3. The molecule has 0 N–H and O–H groups in total. The molecule has 0 aromatic carbocycles. The highest BCUT2D eigenvalue weighted by atomic mass is 16.6. The van der Waals surface area contributed by atoms with Gasteiger partial charge in [0.25, 0.3) is 0 Å². The van der Waals surface area contributed by atoms with Crippen molar-refractivity contribution in [1.29, 1.82) is 0 Å². The van der Waals surface area contributed by atoms with Gasteiger partial charge in [-0.15, -0.1) is 0 Å². The van der Waals surface area contributed by atoms with Crippen LogP contribution in [0.1, 0.15) is 245 Å². The summed E-state index contributed by atoms with van der Waals surface area (Å²) in [5.74, 6) is -0.971. The van der Waals surface area contributed by atoms with E-state index in [1.165, 1.54) is 109 Å². The van der Waals surface area contributed by atoms with Crippen LogP contribution in [0.5, 0.6) is 0 Å². The fraction of sp³-hybridized carbons (Fsp3) is 0.683. The molecule has 0 saturated heterocycles. The number of rotatable bonds is 48. The Morgan fingerprint density at radius 1 is 0.318 bits per heavy atom. The van der Waals surface area contributed by atoms with E-state index in [1.54, 1.807) is 0 Å².